The van der Waals surface area contributed by atoms with E-state index in [0.29, 0.717) is 11.4 Å². The smallest absolute Gasteiger partial charge is 0.481 e. The molecule has 0 unspecified atom stereocenters. The van der Waals surface area contributed by atoms with Crippen molar-refractivity contribution >= 4 is 29.5 Å². The molecule has 1 fully saturated rings. The summed E-state index contributed by atoms with van der Waals surface area (Å²) >= 11 is 1.36. The SMILES string of the molecule is O=C(O)C[C@H](NC(=O)CN1CSCC1=O)c1ccc(OC(F)(F)F)cc1. The first-order chi connectivity index (χ1) is 12.1. The zero-order chi connectivity index (χ0) is 19.3. The number of hydrogen-bond acceptors (Lipinski definition) is 5. The lowest BCUT2D eigenvalue weighted by Gasteiger charge is -2.20. The van der Waals surface area contributed by atoms with Gasteiger partial charge in [-0.15, -0.1) is 24.9 Å². The molecule has 1 atom stereocenters. The Morgan fingerprint density at radius 2 is 1.96 bits per heavy atom. The van der Waals surface area contributed by atoms with Crippen LogP contribution in [0.25, 0.3) is 0 Å². The number of benzene rings is 1. The zero-order valence-corrected chi connectivity index (χ0v) is 14.1. The molecule has 1 aliphatic rings. The molecule has 1 heterocycles. The molecular weight excluding hydrogens is 377 g/mol. The molecule has 2 N–H and O–H groups in total. The Hall–Kier alpha value is -2.43. The lowest BCUT2D eigenvalue weighted by atomic mass is 10.0. The second-order valence-corrected chi connectivity index (χ2v) is 6.36. The third-order valence-corrected chi connectivity index (χ3v) is 4.34. The summed E-state index contributed by atoms with van der Waals surface area (Å²) in [6.45, 7) is -0.211. The number of rotatable bonds is 7. The van der Waals surface area contributed by atoms with Gasteiger partial charge in [0.15, 0.2) is 0 Å². The number of carbonyl (C=O) groups is 3. The fourth-order valence-corrected chi connectivity index (χ4v) is 3.19. The van der Waals surface area contributed by atoms with Crippen molar-refractivity contribution in [2.45, 2.75) is 18.8 Å². The number of carbonyl (C=O) groups excluding carboxylic acids is 2. The first kappa shape index (κ1) is 19.9. The summed E-state index contributed by atoms with van der Waals surface area (Å²) < 4.78 is 40.3. The van der Waals surface area contributed by atoms with Crippen molar-refractivity contribution in [2.75, 3.05) is 18.2 Å². The zero-order valence-electron chi connectivity index (χ0n) is 13.3. The topological polar surface area (TPSA) is 95.9 Å². The highest BCUT2D eigenvalue weighted by Gasteiger charge is 2.31. The monoisotopic (exact) mass is 392 g/mol. The molecular formula is C15H15F3N2O5S. The molecule has 142 valence electrons. The molecule has 1 aromatic carbocycles. The summed E-state index contributed by atoms with van der Waals surface area (Å²) in [6.07, 6.45) is -5.30. The van der Waals surface area contributed by atoms with Gasteiger partial charge in [0, 0.05) is 0 Å². The lowest BCUT2D eigenvalue weighted by Crippen LogP contribution is -2.40. The number of nitrogens with zero attached hydrogens (tertiary/aromatic N) is 1. The second-order valence-electron chi connectivity index (χ2n) is 5.40. The minimum absolute atomic E-state index is 0.186. The summed E-state index contributed by atoms with van der Waals surface area (Å²) in [4.78, 5) is 36.0. The maximum absolute atomic E-state index is 12.2. The van der Waals surface area contributed by atoms with Crippen LogP contribution in [0.5, 0.6) is 5.75 Å². The van der Waals surface area contributed by atoms with Gasteiger partial charge in [-0.1, -0.05) is 12.1 Å². The number of alkyl halides is 3. The first-order valence-electron chi connectivity index (χ1n) is 7.36. The van der Waals surface area contributed by atoms with Gasteiger partial charge in [0.1, 0.15) is 12.3 Å². The van der Waals surface area contributed by atoms with Crippen molar-refractivity contribution in [3.63, 3.8) is 0 Å². The Balaban J connectivity index is 2.05. The van der Waals surface area contributed by atoms with E-state index in [0.717, 1.165) is 12.1 Å². The van der Waals surface area contributed by atoms with Crippen molar-refractivity contribution in [2.24, 2.45) is 0 Å². The Morgan fingerprint density at radius 1 is 1.31 bits per heavy atom. The number of aliphatic carboxylic acids is 1. The maximum Gasteiger partial charge on any atom is 0.573 e. The highest BCUT2D eigenvalue weighted by Crippen LogP contribution is 2.25. The Bertz CT molecular complexity index is 681. The molecule has 11 heteroatoms. The van der Waals surface area contributed by atoms with Gasteiger partial charge >= 0.3 is 12.3 Å². The lowest BCUT2D eigenvalue weighted by molar-refractivity contribution is -0.274. The van der Waals surface area contributed by atoms with Crippen molar-refractivity contribution in [3.8, 4) is 5.75 Å². The molecule has 0 spiro atoms. The van der Waals surface area contributed by atoms with Crippen LogP contribution in [0.4, 0.5) is 13.2 Å². The van der Waals surface area contributed by atoms with Crippen LogP contribution in [0.1, 0.15) is 18.0 Å². The normalized spacial score (nSPS) is 15.7. The molecule has 0 radical (unpaired) electrons. The van der Waals surface area contributed by atoms with E-state index < -0.39 is 36.5 Å². The summed E-state index contributed by atoms with van der Waals surface area (Å²) in [5, 5.41) is 11.5. The van der Waals surface area contributed by atoms with E-state index in [-0.39, 0.29) is 18.2 Å². The van der Waals surface area contributed by atoms with E-state index >= 15 is 0 Å². The summed E-state index contributed by atoms with van der Waals surface area (Å²) in [7, 11) is 0. The number of carboxylic acid groups (broad SMARTS) is 1. The third-order valence-electron chi connectivity index (χ3n) is 3.39. The molecule has 2 amide bonds. The fourth-order valence-electron chi connectivity index (χ4n) is 2.28. The molecule has 7 nitrogen and oxygen atoms in total. The van der Waals surface area contributed by atoms with Crippen LogP contribution in [0.15, 0.2) is 24.3 Å². The van der Waals surface area contributed by atoms with E-state index in [4.69, 9.17) is 5.11 Å². The van der Waals surface area contributed by atoms with Crippen LogP contribution >= 0.6 is 11.8 Å². The number of thioether (sulfide) groups is 1. The number of hydrogen-bond donors (Lipinski definition) is 2. The number of amides is 2. The molecule has 0 aromatic heterocycles. The van der Waals surface area contributed by atoms with Crippen LogP contribution in [0.2, 0.25) is 0 Å². The van der Waals surface area contributed by atoms with Gasteiger partial charge in [0.25, 0.3) is 0 Å². The average molecular weight is 392 g/mol. The van der Waals surface area contributed by atoms with E-state index in [1.165, 1.54) is 28.8 Å². The van der Waals surface area contributed by atoms with Crippen LogP contribution in [-0.4, -0.2) is 52.3 Å². The third kappa shape index (κ3) is 6.14. The van der Waals surface area contributed by atoms with Gasteiger partial charge in [-0.3, -0.25) is 14.4 Å². The fraction of sp³-hybridized carbons (Fsp3) is 0.400. The van der Waals surface area contributed by atoms with Gasteiger partial charge in [-0.05, 0) is 17.7 Å². The van der Waals surface area contributed by atoms with Gasteiger partial charge in [0.2, 0.25) is 11.8 Å². The van der Waals surface area contributed by atoms with Crippen LogP contribution < -0.4 is 10.1 Å². The highest BCUT2D eigenvalue weighted by atomic mass is 32.2. The molecule has 26 heavy (non-hydrogen) atoms. The van der Waals surface area contributed by atoms with Crippen LogP contribution in [0, 0.1) is 0 Å². The summed E-state index contributed by atoms with van der Waals surface area (Å²) in [5.74, 6) is -1.73. The molecule has 0 bridgehead atoms. The second kappa shape index (κ2) is 8.30. The van der Waals surface area contributed by atoms with Crippen LogP contribution in [-0.2, 0) is 14.4 Å². The number of halogens is 3. The number of carboxylic acids is 1. The summed E-state index contributed by atoms with van der Waals surface area (Å²) in [6, 6.07) is 3.59. The van der Waals surface area contributed by atoms with Crippen molar-refractivity contribution in [1.29, 1.82) is 0 Å². The van der Waals surface area contributed by atoms with Crippen molar-refractivity contribution in [1.82, 2.24) is 10.2 Å². The largest absolute Gasteiger partial charge is 0.573 e. The molecule has 1 aromatic rings. The molecule has 0 saturated carbocycles. The highest BCUT2D eigenvalue weighted by molar-refractivity contribution is 8.00. The molecule has 2 rings (SSSR count). The number of ether oxygens (including phenoxy) is 1. The maximum atomic E-state index is 12.2. The molecule has 1 saturated heterocycles. The quantitative estimate of drug-likeness (QED) is 0.734. The standard InChI is InChI=1S/C15H15F3N2O5S/c16-15(17,18)25-10-3-1-9(2-4-10)11(5-14(23)24)19-12(21)6-20-8-26-7-13(20)22/h1-4,11H,5-8H2,(H,19,21)(H,23,24)/t11-/m0/s1. The van der Waals surface area contributed by atoms with Gasteiger partial charge < -0.3 is 20.1 Å². The van der Waals surface area contributed by atoms with Crippen LogP contribution in [0.3, 0.4) is 0 Å². The van der Waals surface area contributed by atoms with E-state index in [1.54, 1.807) is 0 Å². The Labute approximate surface area is 150 Å². The van der Waals surface area contributed by atoms with Crippen molar-refractivity contribution < 1.29 is 37.4 Å². The van der Waals surface area contributed by atoms with Gasteiger partial charge in [-0.2, -0.15) is 0 Å². The van der Waals surface area contributed by atoms with E-state index in [2.05, 4.69) is 10.1 Å². The van der Waals surface area contributed by atoms with Gasteiger partial charge in [0.05, 0.1) is 24.1 Å². The van der Waals surface area contributed by atoms with Gasteiger partial charge in [-0.25, -0.2) is 0 Å². The Morgan fingerprint density at radius 3 is 2.46 bits per heavy atom. The molecule has 1 aliphatic heterocycles. The Kier molecular flexibility index (Phi) is 6.35. The first-order valence-corrected chi connectivity index (χ1v) is 8.52. The van der Waals surface area contributed by atoms with E-state index in [1.807, 2.05) is 0 Å². The predicted octanol–water partition coefficient (Wildman–Crippen LogP) is 1.75. The minimum atomic E-state index is -4.84. The van der Waals surface area contributed by atoms with E-state index in [9.17, 15) is 27.6 Å². The summed E-state index contributed by atoms with van der Waals surface area (Å²) in [5.41, 5.74) is 0.303. The average Bonchev–Trinajstić information content (AvgIpc) is 2.90. The minimum Gasteiger partial charge on any atom is -0.481 e. The predicted molar refractivity (Wildman–Crippen MR) is 85.3 cm³/mol. The number of nitrogens with one attached hydrogen (secondary N) is 1. The van der Waals surface area contributed by atoms with Crippen molar-refractivity contribution in [3.05, 3.63) is 29.8 Å². The molecule has 0 aliphatic carbocycles.